The van der Waals surface area contributed by atoms with Crippen molar-refractivity contribution in [2.75, 3.05) is 26.3 Å². The molecule has 1 atom stereocenters. The van der Waals surface area contributed by atoms with Gasteiger partial charge in [0.25, 0.3) is 0 Å². The molecule has 1 aromatic rings. The summed E-state index contributed by atoms with van der Waals surface area (Å²) in [6.07, 6.45) is 5.25. The summed E-state index contributed by atoms with van der Waals surface area (Å²) in [5, 5.41) is 3.76. The van der Waals surface area contributed by atoms with Gasteiger partial charge in [-0.25, -0.2) is 4.79 Å². The summed E-state index contributed by atoms with van der Waals surface area (Å²) in [6.45, 7) is 4.86. The fourth-order valence-electron chi connectivity index (χ4n) is 3.00. The van der Waals surface area contributed by atoms with Crippen LogP contribution >= 0.6 is 11.6 Å². The molecule has 0 radical (unpaired) electrons. The van der Waals surface area contributed by atoms with E-state index >= 15 is 0 Å². The Bertz CT molecular complexity index is 478. The molecule has 2 amide bonds. The summed E-state index contributed by atoms with van der Waals surface area (Å²) in [6, 6.07) is 8.05. The van der Waals surface area contributed by atoms with E-state index in [1.165, 1.54) is 12.0 Å². The second kappa shape index (κ2) is 9.78. The lowest BCUT2D eigenvalue weighted by atomic mass is 10.0. The van der Waals surface area contributed by atoms with E-state index in [-0.39, 0.29) is 12.1 Å². The molecule has 1 saturated heterocycles. The monoisotopic (exact) mass is 338 g/mol. The van der Waals surface area contributed by atoms with E-state index < -0.39 is 0 Å². The maximum absolute atomic E-state index is 12.6. The van der Waals surface area contributed by atoms with Crippen LogP contribution in [0.3, 0.4) is 0 Å². The summed E-state index contributed by atoms with van der Waals surface area (Å²) in [5.41, 5.74) is 1.17. The smallest absolute Gasteiger partial charge is 0.317 e. The van der Waals surface area contributed by atoms with Crippen molar-refractivity contribution in [1.82, 2.24) is 10.2 Å². The molecular weight excluding hydrogens is 312 g/mol. The first-order valence-electron chi connectivity index (χ1n) is 8.60. The van der Waals surface area contributed by atoms with Gasteiger partial charge in [-0.3, -0.25) is 0 Å². The second-order valence-electron chi connectivity index (χ2n) is 5.89. The molecule has 1 unspecified atom stereocenters. The van der Waals surface area contributed by atoms with Crippen LogP contribution in [0.25, 0.3) is 0 Å². The van der Waals surface area contributed by atoms with Crippen LogP contribution in [0.1, 0.15) is 50.6 Å². The Morgan fingerprint density at radius 1 is 1.30 bits per heavy atom. The molecule has 1 aromatic carbocycles. The molecule has 1 fully saturated rings. The highest BCUT2D eigenvalue weighted by Gasteiger charge is 2.26. The highest BCUT2D eigenvalue weighted by molar-refractivity contribution is 6.30. The van der Waals surface area contributed by atoms with Crippen molar-refractivity contribution in [3.05, 3.63) is 34.9 Å². The van der Waals surface area contributed by atoms with Gasteiger partial charge in [-0.2, -0.15) is 0 Å². The molecule has 23 heavy (non-hydrogen) atoms. The number of carbonyl (C=O) groups is 1. The summed E-state index contributed by atoms with van der Waals surface area (Å²) < 4.78 is 5.31. The summed E-state index contributed by atoms with van der Waals surface area (Å²) in [4.78, 5) is 14.6. The van der Waals surface area contributed by atoms with Gasteiger partial charge in [-0.05, 0) is 43.9 Å². The van der Waals surface area contributed by atoms with Gasteiger partial charge in [0.2, 0.25) is 0 Å². The predicted molar refractivity (Wildman–Crippen MR) is 93.9 cm³/mol. The van der Waals surface area contributed by atoms with Gasteiger partial charge in [-0.1, -0.05) is 36.6 Å². The summed E-state index contributed by atoms with van der Waals surface area (Å²) >= 11 is 5.99. The first-order chi connectivity index (χ1) is 11.2. The molecule has 2 rings (SSSR count). The van der Waals surface area contributed by atoms with Crippen LogP contribution in [-0.2, 0) is 4.74 Å². The van der Waals surface area contributed by atoms with Crippen LogP contribution < -0.4 is 5.32 Å². The number of likely N-dealkylation sites (tertiary alicyclic amines) is 1. The van der Waals surface area contributed by atoms with E-state index in [0.29, 0.717) is 13.2 Å². The van der Waals surface area contributed by atoms with Crippen LogP contribution in [0.5, 0.6) is 0 Å². The summed E-state index contributed by atoms with van der Waals surface area (Å²) in [5.74, 6) is 0. The number of hydrogen-bond donors (Lipinski definition) is 1. The third-order valence-electron chi connectivity index (χ3n) is 4.21. The number of hydrogen-bond acceptors (Lipinski definition) is 2. The minimum absolute atomic E-state index is 0.0309. The number of rotatable bonds is 6. The van der Waals surface area contributed by atoms with Gasteiger partial charge in [0.15, 0.2) is 0 Å². The van der Waals surface area contributed by atoms with Crippen molar-refractivity contribution >= 4 is 17.6 Å². The van der Waals surface area contributed by atoms with Crippen molar-refractivity contribution < 1.29 is 9.53 Å². The lowest BCUT2D eigenvalue weighted by Gasteiger charge is -2.30. The number of amides is 2. The van der Waals surface area contributed by atoms with Crippen molar-refractivity contribution in [3.63, 3.8) is 0 Å². The first kappa shape index (κ1) is 18.1. The van der Waals surface area contributed by atoms with E-state index in [2.05, 4.69) is 5.32 Å². The lowest BCUT2D eigenvalue weighted by Crippen LogP contribution is -2.42. The topological polar surface area (TPSA) is 41.6 Å². The Morgan fingerprint density at radius 3 is 2.83 bits per heavy atom. The quantitative estimate of drug-likeness (QED) is 0.781. The van der Waals surface area contributed by atoms with Crippen LogP contribution in [0, 0.1) is 0 Å². The molecule has 0 bridgehead atoms. The Balaban J connectivity index is 1.97. The van der Waals surface area contributed by atoms with Crippen LogP contribution in [0.2, 0.25) is 5.02 Å². The molecule has 0 aromatic heterocycles. The molecule has 1 N–H and O–H groups in total. The molecule has 1 aliphatic rings. The number of ether oxygens (including phenoxy) is 1. The Hall–Kier alpha value is -1.26. The maximum Gasteiger partial charge on any atom is 0.317 e. The second-order valence-corrected chi connectivity index (χ2v) is 6.33. The van der Waals surface area contributed by atoms with E-state index in [0.717, 1.165) is 43.9 Å². The third-order valence-corrected chi connectivity index (χ3v) is 4.47. The number of urea groups is 1. The number of halogens is 1. The molecule has 128 valence electrons. The maximum atomic E-state index is 12.6. The largest absolute Gasteiger partial charge is 0.382 e. The molecule has 0 saturated carbocycles. The molecule has 1 heterocycles. The molecule has 1 aliphatic heterocycles. The fourth-order valence-corrected chi connectivity index (χ4v) is 3.12. The first-order valence-corrected chi connectivity index (χ1v) is 8.98. The fraction of sp³-hybridized carbons (Fsp3) is 0.611. The van der Waals surface area contributed by atoms with Gasteiger partial charge in [0.1, 0.15) is 0 Å². The molecule has 5 heteroatoms. The van der Waals surface area contributed by atoms with E-state index in [1.807, 2.05) is 36.1 Å². The number of carbonyl (C=O) groups excluding carboxylic acids is 1. The van der Waals surface area contributed by atoms with Gasteiger partial charge in [0.05, 0.1) is 6.04 Å². The van der Waals surface area contributed by atoms with Crippen molar-refractivity contribution in [2.24, 2.45) is 0 Å². The van der Waals surface area contributed by atoms with Crippen LogP contribution in [-0.4, -0.2) is 37.2 Å². The highest BCUT2D eigenvalue weighted by Crippen LogP contribution is 2.30. The molecule has 4 nitrogen and oxygen atoms in total. The van der Waals surface area contributed by atoms with Gasteiger partial charge < -0.3 is 15.0 Å². The minimum atomic E-state index is 0.0309. The van der Waals surface area contributed by atoms with Crippen molar-refractivity contribution in [3.8, 4) is 0 Å². The molecule has 0 spiro atoms. The van der Waals surface area contributed by atoms with Crippen molar-refractivity contribution in [1.29, 1.82) is 0 Å². The van der Waals surface area contributed by atoms with Crippen LogP contribution in [0.15, 0.2) is 24.3 Å². The van der Waals surface area contributed by atoms with Gasteiger partial charge in [-0.15, -0.1) is 0 Å². The highest BCUT2D eigenvalue weighted by atomic mass is 35.5. The minimum Gasteiger partial charge on any atom is -0.382 e. The van der Waals surface area contributed by atoms with E-state index in [1.54, 1.807) is 0 Å². The Kier molecular flexibility index (Phi) is 7.69. The van der Waals surface area contributed by atoms with Gasteiger partial charge in [0, 0.05) is 31.3 Å². The number of nitrogens with one attached hydrogen (secondary N) is 1. The summed E-state index contributed by atoms with van der Waals surface area (Å²) in [7, 11) is 0. The number of benzene rings is 1. The van der Waals surface area contributed by atoms with E-state index in [9.17, 15) is 4.79 Å². The normalized spacial score (nSPS) is 18.5. The zero-order chi connectivity index (χ0) is 16.5. The lowest BCUT2D eigenvalue weighted by molar-refractivity contribution is 0.142. The van der Waals surface area contributed by atoms with Gasteiger partial charge >= 0.3 is 6.03 Å². The molecule has 0 aliphatic carbocycles. The van der Waals surface area contributed by atoms with Crippen molar-refractivity contribution in [2.45, 2.75) is 45.1 Å². The number of nitrogens with zero attached hydrogens (tertiary/aromatic N) is 1. The third kappa shape index (κ3) is 5.70. The van der Waals surface area contributed by atoms with E-state index in [4.69, 9.17) is 16.3 Å². The predicted octanol–water partition coefficient (Wildman–Crippen LogP) is 4.39. The average molecular weight is 339 g/mol. The standard InChI is InChI=1S/C18H27ClN2O2/c1-2-23-14-6-12-20-18(22)21-13-5-3-4-7-17(21)15-8-10-16(19)11-9-15/h8-11,17H,2-7,12-14H2,1H3,(H,20,22). The zero-order valence-corrected chi connectivity index (χ0v) is 14.6. The Labute approximate surface area is 144 Å². The zero-order valence-electron chi connectivity index (χ0n) is 13.9. The Morgan fingerprint density at radius 2 is 2.09 bits per heavy atom. The van der Waals surface area contributed by atoms with Crippen LogP contribution in [0.4, 0.5) is 4.79 Å². The average Bonchev–Trinajstić information content (AvgIpc) is 2.81. The molecular formula is C18H27ClN2O2. The SMILES string of the molecule is CCOCCCNC(=O)N1CCCCCC1c1ccc(Cl)cc1.